The maximum absolute atomic E-state index is 5.73. The minimum Gasteiger partial charge on any atom is -0.378 e. The molecular formula is C12H26N2O. The van der Waals surface area contributed by atoms with Gasteiger partial charge in [0, 0.05) is 13.2 Å². The smallest absolute Gasteiger partial charge is 0.0588 e. The van der Waals surface area contributed by atoms with Gasteiger partial charge >= 0.3 is 0 Å². The Morgan fingerprint density at radius 1 is 1.47 bits per heavy atom. The molecule has 1 saturated heterocycles. The largest absolute Gasteiger partial charge is 0.378 e. The fraction of sp³-hybridized carbons (Fsp3) is 1.00. The summed E-state index contributed by atoms with van der Waals surface area (Å²) in [6.07, 6.45) is 1.62. The predicted molar refractivity (Wildman–Crippen MR) is 63.8 cm³/mol. The van der Waals surface area contributed by atoms with Gasteiger partial charge in [-0.1, -0.05) is 13.8 Å². The molecule has 0 bridgehead atoms. The summed E-state index contributed by atoms with van der Waals surface area (Å²) >= 11 is 0. The van der Waals surface area contributed by atoms with E-state index in [1.165, 1.54) is 6.42 Å². The van der Waals surface area contributed by atoms with Gasteiger partial charge in [-0.15, -0.1) is 0 Å². The van der Waals surface area contributed by atoms with E-state index in [4.69, 9.17) is 10.5 Å². The average Bonchev–Trinajstić information content (AvgIpc) is 2.58. The van der Waals surface area contributed by atoms with Crippen LogP contribution in [0.15, 0.2) is 0 Å². The SMILES string of the molecule is CC(C)C(CN)CNCC1CCOC1C. The summed E-state index contributed by atoms with van der Waals surface area (Å²) in [5.41, 5.74) is 5.73. The van der Waals surface area contributed by atoms with Crippen molar-refractivity contribution in [1.82, 2.24) is 5.32 Å². The molecule has 0 saturated carbocycles. The second-order valence-electron chi connectivity index (χ2n) is 5.02. The zero-order chi connectivity index (χ0) is 11.3. The van der Waals surface area contributed by atoms with E-state index in [0.717, 1.165) is 26.2 Å². The second-order valence-corrected chi connectivity index (χ2v) is 5.02. The van der Waals surface area contributed by atoms with Crippen LogP contribution < -0.4 is 11.1 Å². The molecule has 3 heteroatoms. The fourth-order valence-corrected chi connectivity index (χ4v) is 2.09. The molecule has 3 N–H and O–H groups in total. The van der Waals surface area contributed by atoms with E-state index in [0.29, 0.717) is 23.9 Å². The van der Waals surface area contributed by atoms with Crippen LogP contribution in [-0.4, -0.2) is 32.3 Å². The standard InChI is InChI=1S/C12H26N2O/c1-9(2)12(6-13)8-14-7-11-4-5-15-10(11)3/h9-12,14H,4-8,13H2,1-3H3. The van der Waals surface area contributed by atoms with Gasteiger partial charge in [-0.3, -0.25) is 0 Å². The molecule has 0 aromatic heterocycles. The van der Waals surface area contributed by atoms with Gasteiger partial charge < -0.3 is 15.8 Å². The molecule has 3 atom stereocenters. The number of hydrogen-bond donors (Lipinski definition) is 2. The Balaban J connectivity index is 2.14. The van der Waals surface area contributed by atoms with Gasteiger partial charge in [0.2, 0.25) is 0 Å². The molecule has 0 aromatic carbocycles. The molecule has 1 heterocycles. The van der Waals surface area contributed by atoms with Gasteiger partial charge in [0.1, 0.15) is 0 Å². The van der Waals surface area contributed by atoms with Crippen LogP contribution in [0.4, 0.5) is 0 Å². The highest BCUT2D eigenvalue weighted by atomic mass is 16.5. The topological polar surface area (TPSA) is 47.3 Å². The Morgan fingerprint density at radius 2 is 2.20 bits per heavy atom. The summed E-state index contributed by atoms with van der Waals surface area (Å²) in [5, 5.41) is 3.53. The Labute approximate surface area is 93.8 Å². The molecule has 1 fully saturated rings. The van der Waals surface area contributed by atoms with E-state index in [1.54, 1.807) is 0 Å². The number of rotatable bonds is 6. The van der Waals surface area contributed by atoms with Crippen LogP contribution in [0.2, 0.25) is 0 Å². The van der Waals surface area contributed by atoms with Crippen LogP contribution in [0.5, 0.6) is 0 Å². The van der Waals surface area contributed by atoms with Crippen LogP contribution in [0.25, 0.3) is 0 Å². The molecule has 0 radical (unpaired) electrons. The third kappa shape index (κ3) is 4.09. The average molecular weight is 214 g/mol. The maximum Gasteiger partial charge on any atom is 0.0588 e. The van der Waals surface area contributed by atoms with E-state index in [-0.39, 0.29) is 0 Å². The molecule has 0 amide bonds. The first-order valence-corrected chi connectivity index (χ1v) is 6.17. The van der Waals surface area contributed by atoms with E-state index < -0.39 is 0 Å². The summed E-state index contributed by atoms with van der Waals surface area (Å²) in [4.78, 5) is 0. The highest BCUT2D eigenvalue weighted by Crippen LogP contribution is 2.19. The first-order valence-electron chi connectivity index (χ1n) is 6.17. The van der Waals surface area contributed by atoms with Gasteiger partial charge in [-0.2, -0.15) is 0 Å². The molecule has 0 aromatic rings. The van der Waals surface area contributed by atoms with Crippen molar-refractivity contribution in [2.75, 3.05) is 26.2 Å². The first-order chi connectivity index (χ1) is 7.15. The van der Waals surface area contributed by atoms with E-state index >= 15 is 0 Å². The van der Waals surface area contributed by atoms with Crippen molar-refractivity contribution in [3.63, 3.8) is 0 Å². The molecule has 0 aliphatic carbocycles. The van der Waals surface area contributed by atoms with Gasteiger partial charge in [0.15, 0.2) is 0 Å². The van der Waals surface area contributed by atoms with E-state index in [1.807, 2.05) is 0 Å². The lowest BCUT2D eigenvalue weighted by atomic mass is 9.95. The van der Waals surface area contributed by atoms with Crippen molar-refractivity contribution in [3.8, 4) is 0 Å². The quantitative estimate of drug-likeness (QED) is 0.699. The zero-order valence-corrected chi connectivity index (χ0v) is 10.3. The van der Waals surface area contributed by atoms with Gasteiger partial charge in [0.25, 0.3) is 0 Å². The van der Waals surface area contributed by atoms with E-state index in [9.17, 15) is 0 Å². The molecule has 1 rings (SSSR count). The minimum absolute atomic E-state index is 0.424. The number of nitrogens with one attached hydrogen (secondary N) is 1. The molecule has 90 valence electrons. The summed E-state index contributed by atoms with van der Waals surface area (Å²) in [6, 6.07) is 0. The third-order valence-corrected chi connectivity index (χ3v) is 3.59. The molecule has 15 heavy (non-hydrogen) atoms. The number of nitrogens with two attached hydrogens (primary N) is 1. The van der Waals surface area contributed by atoms with Gasteiger partial charge in [0.05, 0.1) is 6.10 Å². The van der Waals surface area contributed by atoms with Crippen molar-refractivity contribution >= 4 is 0 Å². The minimum atomic E-state index is 0.424. The van der Waals surface area contributed by atoms with Crippen LogP contribution in [-0.2, 0) is 4.74 Å². The lowest BCUT2D eigenvalue weighted by molar-refractivity contribution is 0.105. The van der Waals surface area contributed by atoms with Crippen LogP contribution in [0, 0.1) is 17.8 Å². The lowest BCUT2D eigenvalue weighted by Gasteiger charge is -2.21. The summed E-state index contributed by atoms with van der Waals surface area (Å²) < 4.78 is 5.53. The zero-order valence-electron chi connectivity index (χ0n) is 10.3. The highest BCUT2D eigenvalue weighted by Gasteiger charge is 2.23. The number of ether oxygens (including phenoxy) is 1. The van der Waals surface area contributed by atoms with Crippen LogP contribution >= 0.6 is 0 Å². The molecule has 1 aliphatic heterocycles. The molecule has 0 spiro atoms. The number of hydrogen-bond acceptors (Lipinski definition) is 3. The predicted octanol–water partition coefficient (Wildman–Crippen LogP) is 1.23. The van der Waals surface area contributed by atoms with Gasteiger partial charge in [-0.05, 0) is 44.2 Å². The summed E-state index contributed by atoms with van der Waals surface area (Å²) in [5.74, 6) is 1.96. The normalized spacial score (nSPS) is 28.6. The molecule has 1 aliphatic rings. The Kier molecular flexibility index (Phi) is 5.58. The first kappa shape index (κ1) is 12.9. The van der Waals surface area contributed by atoms with Crippen molar-refractivity contribution in [3.05, 3.63) is 0 Å². The summed E-state index contributed by atoms with van der Waals surface area (Å²) in [7, 11) is 0. The highest BCUT2D eigenvalue weighted by molar-refractivity contribution is 4.76. The Morgan fingerprint density at radius 3 is 2.67 bits per heavy atom. The van der Waals surface area contributed by atoms with Crippen molar-refractivity contribution < 1.29 is 4.74 Å². The molecular weight excluding hydrogens is 188 g/mol. The summed E-state index contributed by atoms with van der Waals surface area (Å²) in [6.45, 7) is 10.5. The second kappa shape index (κ2) is 6.46. The van der Waals surface area contributed by atoms with Crippen LogP contribution in [0.1, 0.15) is 27.2 Å². The fourth-order valence-electron chi connectivity index (χ4n) is 2.09. The third-order valence-electron chi connectivity index (χ3n) is 3.59. The Hall–Kier alpha value is -0.120. The van der Waals surface area contributed by atoms with Gasteiger partial charge in [-0.25, -0.2) is 0 Å². The maximum atomic E-state index is 5.73. The monoisotopic (exact) mass is 214 g/mol. The van der Waals surface area contributed by atoms with Crippen molar-refractivity contribution in [2.24, 2.45) is 23.5 Å². The van der Waals surface area contributed by atoms with Crippen molar-refractivity contribution in [1.29, 1.82) is 0 Å². The Bertz CT molecular complexity index is 171. The lowest BCUT2D eigenvalue weighted by Crippen LogP contribution is -2.35. The van der Waals surface area contributed by atoms with Crippen LogP contribution in [0.3, 0.4) is 0 Å². The van der Waals surface area contributed by atoms with E-state index in [2.05, 4.69) is 26.1 Å². The van der Waals surface area contributed by atoms with Crippen molar-refractivity contribution in [2.45, 2.75) is 33.3 Å². The molecule has 3 unspecified atom stereocenters. The molecule has 3 nitrogen and oxygen atoms in total.